The third-order valence-corrected chi connectivity index (χ3v) is 3.99. The predicted octanol–water partition coefficient (Wildman–Crippen LogP) is 2.09. The van der Waals surface area contributed by atoms with Crippen LogP contribution in [-0.2, 0) is 4.79 Å². The lowest BCUT2D eigenvalue weighted by Gasteiger charge is -2.43. The van der Waals surface area contributed by atoms with Crippen LogP contribution in [0, 0.1) is 11.3 Å². The van der Waals surface area contributed by atoms with Gasteiger partial charge in [0.25, 0.3) is 0 Å². The zero-order chi connectivity index (χ0) is 9.31. The van der Waals surface area contributed by atoms with E-state index in [2.05, 4.69) is 12.2 Å². The second kappa shape index (κ2) is 3.32. The zero-order valence-corrected chi connectivity index (χ0v) is 8.44. The van der Waals surface area contributed by atoms with Crippen molar-refractivity contribution in [2.75, 3.05) is 6.54 Å². The minimum Gasteiger partial charge on any atom is -0.356 e. The van der Waals surface area contributed by atoms with E-state index < -0.39 is 0 Å². The van der Waals surface area contributed by atoms with Crippen LogP contribution in [-0.4, -0.2) is 12.5 Å². The average Bonchev–Trinajstić information content (AvgIpc) is 2.15. The van der Waals surface area contributed by atoms with Gasteiger partial charge in [0.2, 0.25) is 5.91 Å². The molecule has 0 aromatic carbocycles. The fraction of sp³-hybridized carbons (Fsp3) is 0.909. The van der Waals surface area contributed by atoms with Crippen molar-refractivity contribution in [1.82, 2.24) is 5.32 Å². The molecule has 1 N–H and O–H groups in total. The summed E-state index contributed by atoms with van der Waals surface area (Å²) in [6.45, 7) is 3.15. The van der Waals surface area contributed by atoms with E-state index in [1.165, 1.54) is 25.7 Å². The van der Waals surface area contributed by atoms with Crippen LogP contribution < -0.4 is 5.32 Å². The molecule has 1 amide bonds. The van der Waals surface area contributed by atoms with Crippen molar-refractivity contribution in [2.24, 2.45) is 11.3 Å². The summed E-state index contributed by atoms with van der Waals surface area (Å²) in [5.74, 6) is 0.938. The van der Waals surface area contributed by atoms with Gasteiger partial charge in [0, 0.05) is 6.54 Å². The van der Waals surface area contributed by atoms with E-state index in [0.29, 0.717) is 11.8 Å². The summed E-state index contributed by atoms with van der Waals surface area (Å²) >= 11 is 0. The van der Waals surface area contributed by atoms with E-state index in [9.17, 15) is 4.79 Å². The van der Waals surface area contributed by atoms with Gasteiger partial charge in [-0.3, -0.25) is 4.79 Å². The summed E-state index contributed by atoms with van der Waals surface area (Å²) in [6.07, 6.45) is 7.23. The van der Waals surface area contributed by atoms with Gasteiger partial charge in [0.05, 0.1) is 5.41 Å². The lowest BCUT2D eigenvalue weighted by molar-refractivity contribution is -0.139. The van der Waals surface area contributed by atoms with Crippen LogP contribution in [0.2, 0.25) is 0 Å². The first-order valence-electron chi connectivity index (χ1n) is 5.54. The molecule has 0 bridgehead atoms. The Morgan fingerprint density at radius 3 is 2.77 bits per heavy atom. The maximum Gasteiger partial charge on any atom is 0.226 e. The van der Waals surface area contributed by atoms with E-state index in [0.717, 1.165) is 19.4 Å². The van der Waals surface area contributed by atoms with Gasteiger partial charge in [-0.15, -0.1) is 0 Å². The Bertz CT molecular complexity index is 208. The monoisotopic (exact) mass is 181 g/mol. The number of hydrogen-bond acceptors (Lipinski definition) is 1. The van der Waals surface area contributed by atoms with Crippen molar-refractivity contribution in [3.63, 3.8) is 0 Å². The van der Waals surface area contributed by atoms with Crippen LogP contribution in [0.1, 0.15) is 45.4 Å². The molecule has 1 aliphatic heterocycles. The minimum atomic E-state index is 0.0243. The molecular weight excluding hydrogens is 162 g/mol. The summed E-state index contributed by atoms with van der Waals surface area (Å²) in [4.78, 5) is 11.9. The molecule has 1 spiro atoms. The highest BCUT2D eigenvalue weighted by Crippen LogP contribution is 2.45. The molecule has 2 rings (SSSR count). The zero-order valence-electron chi connectivity index (χ0n) is 8.44. The van der Waals surface area contributed by atoms with Crippen molar-refractivity contribution >= 4 is 5.91 Å². The number of carbonyl (C=O) groups excluding carboxylic acids is 1. The molecule has 1 heterocycles. The molecule has 74 valence electrons. The summed E-state index contributed by atoms with van der Waals surface area (Å²) in [5.41, 5.74) is 0.0243. The van der Waals surface area contributed by atoms with Crippen LogP contribution in [0.3, 0.4) is 0 Å². The molecule has 0 aromatic rings. The Hall–Kier alpha value is -0.530. The quantitative estimate of drug-likeness (QED) is 0.609. The van der Waals surface area contributed by atoms with Crippen LogP contribution in [0.4, 0.5) is 0 Å². The molecular formula is C11H19NO. The van der Waals surface area contributed by atoms with Gasteiger partial charge in [0.1, 0.15) is 0 Å². The summed E-state index contributed by atoms with van der Waals surface area (Å²) in [7, 11) is 0. The molecule has 2 aliphatic rings. The van der Waals surface area contributed by atoms with E-state index in [4.69, 9.17) is 0 Å². The number of rotatable bonds is 0. The minimum absolute atomic E-state index is 0.0243. The van der Waals surface area contributed by atoms with Crippen molar-refractivity contribution in [3.8, 4) is 0 Å². The summed E-state index contributed by atoms with van der Waals surface area (Å²) < 4.78 is 0. The second-order valence-electron chi connectivity index (χ2n) is 4.66. The maximum atomic E-state index is 11.9. The molecule has 1 saturated heterocycles. The normalized spacial score (nSPS) is 40.4. The van der Waals surface area contributed by atoms with Crippen molar-refractivity contribution < 1.29 is 4.79 Å². The molecule has 0 unspecified atom stereocenters. The molecule has 2 nitrogen and oxygen atoms in total. The molecule has 2 atom stereocenters. The lowest BCUT2D eigenvalue weighted by Crippen LogP contribution is -2.50. The topological polar surface area (TPSA) is 29.1 Å². The van der Waals surface area contributed by atoms with E-state index in [1.54, 1.807) is 0 Å². The first-order valence-corrected chi connectivity index (χ1v) is 5.54. The van der Waals surface area contributed by atoms with Gasteiger partial charge in [-0.25, -0.2) is 0 Å². The fourth-order valence-electron chi connectivity index (χ4n) is 3.02. The molecule has 0 radical (unpaired) electrons. The van der Waals surface area contributed by atoms with Crippen LogP contribution in [0.15, 0.2) is 0 Å². The summed E-state index contributed by atoms with van der Waals surface area (Å²) in [5, 5.41) is 3.03. The number of hydrogen-bond donors (Lipinski definition) is 1. The Kier molecular flexibility index (Phi) is 2.31. The SMILES string of the molecule is C[C@@H]1CCCC[C@@]12CCCNC2=O. The molecule has 2 fully saturated rings. The van der Waals surface area contributed by atoms with E-state index in [1.807, 2.05) is 0 Å². The van der Waals surface area contributed by atoms with E-state index in [-0.39, 0.29) is 5.41 Å². The van der Waals surface area contributed by atoms with E-state index >= 15 is 0 Å². The molecule has 13 heavy (non-hydrogen) atoms. The Morgan fingerprint density at radius 1 is 1.31 bits per heavy atom. The van der Waals surface area contributed by atoms with Crippen LogP contribution in [0.5, 0.6) is 0 Å². The first kappa shape index (κ1) is 9.04. The fourth-order valence-corrected chi connectivity index (χ4v) is 3.02. The van der Waals surface area contributed by atoms with Crippen molar-refractivity contribution in [2.45, 2.75) is 45.4 Å². The van der Waals surface area contributed by atoms with Gasteiger partial charge in [0.15, 0.2) is 0 Å². The first-order chi connectivity index (χ1) is 6.26. The third kappa shape index (κ3) is 1.36. The third-order valence-electron chi connectivity index (χ3n) is 3.99. The highest BCUT2D eigenvalue weighted by molar-refractivity contribution is 5.83. The molecule has 2 heteroatoms. The standard InChI is InChI=1S/C11H19NO/c1-9-5-2-3-6-11(9)7-4-8-12-10(11)13/h9H,2-8H2,1H3,(H,12,13)/t9-,11-/m1/s1. The van der Waals surface area contributed by atoms with Crippen molar-refractivity contribution in [3.05, 3.63) is 0 Å². The van der Waals surface area contributed by atoms with Gasteiger partial charge < -0.3 is 5.32 Å². The molecule has 1 aliphatic carbocycles. The number of amides is 1. The average molecular weight is 181 g/mol. The van der Waals surface area contributed by atoms with Crippen LogP contribution in [0.25, 0.3) is 0 Å². The highest BCUT2D eigenvalue weighted by Gasteiger charge is 2.45. The van der Waals surface area contributed by atoms with Gasteiger partial charge >= 0.3 is 0 Å². The number of nitrogens with one attached hydrogen (secondary N) is 1. The number of piperidine rings is 1. The summed E-state index contributed by atoms with van der Waals surface area (Å²) in [6, 6.07) is 0. The number of carbonyl (C=O) groups is 1. The van der Waals surface area contributed by atoms with Gasteiger partial charge in [-0.2, -0.15) is 0 Å². The second-order valence-corrected chi connectivity index (χ2v) is 4.66. The van der Waals surface area contributed by atoms with Gasteiger partial charge in [-0.1, -0.05) is 19.8 Å². The van der Waals surface area contributed by atoms with Crippen molar-refractivity contribution in [1.29, 1.82) is 0 Å². The molecule has 1 saturated carbocycles. The lowest BCUT2D eigenvalue weighted by atomic mass is 9.63. The van der Waals surface area contributed by atoms with Crippen LogP contribution >= 0.6 is 0 Å². The van der Waals surface area contributed by atoms with Gasteiger partial charge in [-0.05, 0) is 31.6 Å². The Balaban J connectivity index is 2.18. The highest BCUT2D eigenvalue weighted by atomic mass is 16.2. The molecule has 0 aromatic heterocycles. The Labute approximate surface area is 80.1 Å². The Morgan fingerprint density at radius 2 is 2.08 bits per heavy atom. The predicted molar refractivity (Wildman–Crippen MR) is 52.3 cm³/mol. The maximum absolute atomic E-state index is 11.9. The smallest absolute Gasteiger partial charge is 0.226 e. The largest absolute Gasteiger partial charge is 0.356 e.